The normalized spacial score (nSPS) is 11.2. The van der Waals surface area contributed by atoms with Gasteiger partial charge in [0.2, 0.25) is 0 Å². The zero-order valence-corrected chi connectivity index (χ0v) is 11.5. The average Bonchev–Trinajstić information content (AvgIpc) is 2.74. The molecule has 0 radical (unpaired) electrons. The summed E-state index contributed by atoms with van der Waals surface area (Å²) in [5.74, 6) is -0.741. The van der Waals surface area contributed by atoms with Crippen molar-refractivity contribution >= 4 is 21.8 Å². The molecule has 0 aliphatic rings. The van der Waals surface area contributed by atoms with E-state index < -0.39 is 16.0 Å². The Kier molecular flexibility index (Phi) is 3.75. The van der Waals surface area contributed by atoms with Crippen LogP contribution < -0.4 is 4.72 Å². The number of carbonyl (C=O) groups is 1. The summed E-state index contributed by atoms with van der Waals surface area (Å²) >= 11 is 0. The first-order chi connectivity index (χ1) is 9.37. The largest absolute Gasteiger partial charge is 0.481 e. The van der Waals surface area contributed by atoms with E-state index >= 15 is 0 Å². The maximum Gasteiger partial charge on any atom is 0.307 e. The molecule has 1 aromatic carbocycles. The van der Waals surface area contributed by atoms with Crippen LogP contribution in [0.25, 0.3) is 0 Å². The number of nitrogens with one attached hydrogen (secondary N) is 1. The van der Waals surface area contributed by atoms with Gasteiger partial charge in [-0.1, -0.05) is 12.1 Å². The van der Waals surface area contributed by atoms with Gasteiger partial charge < -0.3 is 5.11 Å². The Balaban J connectivity index is 2.19. The molecule has 0 fully saturated rings. The van der Waals surface area contributed by atoms with Gasteiger partial charge in [-0.05, 0) is 17.7 Å². The van der Waals surface area contributed by atoms with Crippen LogP contribution in [0.4, 0.5) is 5.82 Å². The van der Waals surface area contributed by atoms with Crippen molar-refractivity contribution in [3.8, 4) is 0 Å². The Morgan fingerprint density at radius 2 is 1.95 bits per heavy atom. The Hall–Kier alpha value is -2.35. The van der Waals surface area contributed by atoms with Crippen molar-refractivity contribution in [1.29, 1.82) is 0 Å². The number of sulfonamides is 1. The number of aliphatic carboxylic acids is 1. The van der Waals surface area contributed by atoms with E-state index in [4.69, 9.17) is 5.11 Å². The Morgan fingerprint density at radius 1 is 1.30 bits per heavy atom. The van der Waals surface area contributed by atoms with Crippen molar-refractivity contribution in [2.24, 2.45) is 7.05 Å². The number of aromatic nitrogens is 2. The first-order valence-electron chi connectivity index (χ1n) is 5.70. The SMILES string of the molecule is Cn1ccc(NS(=O)(=O)c2ccc(CC(=O)O)cc2)n1. The number of carboxylic acids is 1. The van der Waals surface area contributed by atoms with Crippen LogP contribution in [0, 0.1) is 0 Å². The summed E-state index contributed by atoms with van der Waals surface area (Å²) < 4.78 is 28.0. The van der Waals surface area contributed by atoms with Gasteiger partial charge in [-0.25, -0.2) is 8.42 Å². The molecule has 0 aliphatic carbocycles. The molecule has 20 heavy (non-hydrogen) atoms. The fourth-order valence-corrected chi connectivity index (χ4v) is 2.62. The second-order valence-corrected chi connectivity index (χ2v) is 5.88. The van der Waals surface area contributed by atoms with Crippen molar-refractivity contribution in [3.05, 3.63) is 42.1 Å². The fraction of sp³-hybridized carbons (Fsp3) is 0.167. The van der Waals surface area contributed by atoms with Crippen molar-refractivity contribution in [1.82, 2.24) is 9.78 Å². The first kappa shape index (κ1) is 14.1. The molecule has 106 valence electrons. The summed E-state index contributed by atoms with van der Waals surface area (Å²) in [5, 5.41) is 12.6. The molecular formula is C12H13N3O4S. The zero-order chi connectivity index (χ0) is 14.8. The molecule has 0 unspecified atom stereocenters. The molecule has 7 nitrogen and oxygen atoms in total. The summed E-state index contributed by atoms with van der Waals surface area (Å²) in [7, 11) is -2.04. The lowest BCUT2D eigenvalue weighted by Gasteiger charge is -2.06. The smallest absolute Gasteiger partial charge is 0.307 e. The van der Waals surface area contributed by atoms with Gasteiger partial charge in [-0.2, -0.15) is 5.10 Å². The van der Waals surface area contributed by atoms with Crippen LogP contribution in [0.5, 0.6) is 0 Å². The molecule has 2 rings (SSSR count). The number of hydrogen-bond donors (Lipinski definition) is 2. The van der Waals surface area contributed by atoms with Crippen molar-refractivity contribution < 1.29 is 18.3 Å². The minimum atomic E-state index is -3.72. The van der Waals surface area contributed by atoms with Crippen LogP contribution in [0.3, 0.4) is 0 Å². The van der Waals surface area contributed by atoms with Gasteiger partial charge in [0, 0.05) is 19.3 Å². The van der Waals surface area contributed by atoms with Gasteiger partial charge in [-0.15, -0.1) is 0 Å². The number of hydrogen-bond acceptors (Lipinski definition) is 4. The third kappa shape index (κ3) is 3.35. The summed E-state index contributed by atoms with van der Waals surface area (Å²) in [6, 6.07) is 7.21. The van der Waals surface area contributed by atoms with E-state index in [2.05, 4.69) is 9.82 Å². The molecule has 0 spiro atoms. The molecule has 8 heteroatoms. The van der Waals surface area contributed by atoms with Crippen LogP contribution in [0.1, 0.15) is 5.56 Å². The van der Waals surface area contributed by atoms with Gasteiger partial charge in [0.05, 0.1) is 11.3 Å². The fourth-order valence-electron chi connectivity index (χ4n) is 1.63. The highest BCUT2D eigenvalue weighted by Gasteiger charge is 2.15. The van der Waals surface area contributed by atoms with E-state index in [1.54, 1.807) is 13.2 Å². The van der Waals surface area contributed by atoms with E-state index in [9.17, 15) is 13.2 Å². The van der Waals surface area contributed by atoms with Crippen molar-refractivity contribution in [3.63, 3.8) is 0 Å². The monoisotopic (exact) mass is 295 g/mol. The van der Waals surface area contributed by atoms with E-state index in [0.29, 0.717) is 5.56 Å². The summed E-state index contributed by atoms with van der Waals surface area (Å²) in [5.41, 5.74) is 0.536. The van der Waals surface area contributed by atoms with Gasteiger partial charge in [0.1, 0.15) is 0 Å². The number of benzene rings is 1. The average molecular weight is 295 g/mol. The predicted molar refractivity (Wildman–Crippen MR) is 71.8 cm³/mol. The number of anilines is 1. The quantitative estimate of drug-likeness (QED) is 0.851. The van der Waals surface area contributed by atoms with Gasteiger partial charge in [-0.3, -0.25) is 14.2 Å². The maximum absolute atomic E-state index is 12.1. The molecule has 0 amide bonds. The standard InChI is InChI=1S/C12H13N3O4S/c1-15-7-6-11(13-15)14-20(18,19)10-4-2-9(3-5-10)8-12(16)17/h2-7H,8H2,1H3,(H,13,14)(H,16,17). The molecule has 0 saturated carbocycles. The van der Waals surface area contributed by atoms with Crippen LogP contribution in [-0.2, 0) is 28.3 Å². The highest BCUT2D eigenvalue weighted by Crippen LogP contribution is 2.15. The molecule has 2 aromatic rings. The molecule has 0 aliphatic heterocycles. The van der Waals surface area contributed by atoms with E-state index in [0.717, 1.165) is 0 Å². The third-order valence-corrected chi connectivity index (χ3v) is 3.91. The van der Waals surface area contributed by atoms with Crippen LogP contribution >= 0.6 is 0 Å². The predicted octanol–water partition coefficient (Wildman–Crippen LogP) is 0.848. The minimum absolute atomic E-state index is 0.0530. The topological polar surface area (TPSA) is 101 Å². The van der Waals surface area contributed by atoms with Gasteiger partial charge in [0.25, 0.3) is 10.0 Å². The molecule has 2 N–H and O–H groups in total. The van der Waals surface area contributed by atoms with Gasteiger partial charge in [0.15, 0.2) is 5.82 Å². The number of aryl methyl sites for hydroxylation is 1. The highest BCUT2D eigenvalue weighted by atomic mass is 32.2. The lowest BCUT2D eigenvalue weighted by molar-refractivity contribution is -0.136. The van der Waals surface area contributed by atoms with Crippen LogP contribution in [0.15, 0.2) is 41.4 Å². The lowest BCUT2D eigenvalue weighted by Crippen LogP contribution is -2.13. The second-order valence-electron chi connectivity index (χ2n) is 4.19. The second kappa shape index (κ2) is 5.33. The highest BCUT2D eigenvalue weighted by molar-refractivity contribution is 7.92. The van der Waals surface area contributed by atoms with E-state index in [1.807, 2.05) is 0 Å². The summed E-state index contributed by atoms with van der Waals surface area (Å²) in [6.07, 6.45) is 1.47. The van der Waals surface area contributed by atoms with Gasteiger partial charge >= 0.3 is 5.97 Å². The van der Waals surface area contributed by atoms with Crippen LogP contribution in [-0.4, -0.2) is 29.3 Å². The Morgan fingerprint density at radius 3 is 2.45 bits per heavy atom. The number of nitrogens with zero attached hydrogens (tertiary/aromatic N) is 2. The van der Waals surface area contributed by atoms with Crippen LogP contribution in [0.2, 0.25) is 0 Å². The number of carboxylic acid groups (broad SMARTS) is 1. The number of rotatable bonds is 5. The molecule has 1 heterocycles. The summed E-state index contributed by atoms with van der Waals surface area (Å²) in [6.45, 7) is 0. The third-order valence-electron chi connectivity index (χ3n) is 2.54. The Labute approximate surface area is 115 Å². The minimum Gasteiger partial charge on any atom is -0.481 e. The zero-order valence-electron chi connectivity index (χ0n) is 10.6. The molecule has 0 atom stereocenters. The molecular weight excluding hydrogens is 282 g/mol. The van der Waals surface area contributed by atoms with Crippen molar-refractivity contribution in [2.75, 3.05) is 4.72 Å². The lowest BCUT2D eigenvalue weighted by atomic mass is 10.2. The Bertz CT molecular complexity index is 719. The molecule has 1 aromatic heterocycles. The van der Waals surface area contributed by atoms with E-state index in [-0.39, 0.29) is 17.1 Å². The van der Waals surface area contributed by atoms with Crippen molar-refractivity contribution in [2.45, 2.75) is 11.3 Å². The molecule has 0 saturated heterocycles. The molecule has 0 bridgehead atoms. The summed E-state index contributed by atoms with van der Waals surface area (Å²) in [4.78, 5) is 10.6. The maximum atomic E-state index is 12.1. The van der Waals surface area contributed by atoms with E-state index in [1.165, 1.54) is 35.0 Å². The first-order valence-corrected chi connectivity index (χ1v) is 7.18.